The molecule has 1 N–H and O–H groups in total. The molecule has 1 rings (SSSR count). The van der Waals surface area contributed by atoms with Gasteiger partial charge in [0.05, 0.1) is 12.5 Å². The molecule has 0 radical (unpaired) electrons. The molecule has 1 atom stereocenters. The molecule has 1 saturated heterocycles. The molecule has 1 heterocycles. The van der Waals surface area contributed by atoms with Crippen LogP contribution in [0.15, 0.2) is 0 Å². The zero-order valence-electron chi connectivity index (χ0n) is 6.22. The third-order valence-electron chi connectivity index (χ3n) is 1.65. The van der Waals surface area contributed by atoms with Crippen LogP contribution >= 0.6 is 0 Å². The van der Waals surface area contributed by atoms with Crippen molar-refractivity contribution in [3.8, 4) is 0 Å². The Morgan fingerprint density at radius 1 is 1.80 bits per heavy atom. The molecule has 0 aromatic rings. The zero-order valence-corrected chi connectivity index (χ0v) is 6.22. The predicted molar refractivity (Wildman–Crippen MR) is 37.6 cm³/mol. The molecule has 0 aromatic carbocycles. The lowest BCUT2D eigenvalue weighted by Gasteiger charge is -2.05. The smallest absolute Gasteiger partial charge is 0.225 e. The van der Waals surface area contributed by atoms with Crippen molar-refractivity contribution in [2.75, 3.05) is 19.8 Å². The molecule has 0 saturated carbocycles. The van der Waals surface area contributed by atoms with E-state index >= 15 is 0 Å². The maximum Gasteiger partial charge on any atom is 0.225 e. The predicted octanol–water partition coefficient (Wildman–Crippen LogP) is 0.159. The van der Waals surface area contributed by atoms with Crippen molar-refractivity contribution in [3.05, 3.63) is 0 Å². The first-order chi connectivity index (χ1) is 4.84. The monoisotopic (exact) mass is 143 g/mol. The van der Waals surface area contributed by atoms with Gasteiger partial charge in [0, 0.05) is 13.2 Å². The molecule has 1 fully saturated rings. The van der Waals surface area contributed by atoms with Crippen molar-refractivity contribution >= 4 is 5.91 Å². The van der Waals surface area contributed by atoms with Crippen LogP contribution in [-0.4, -0.2) is 25.7 Å². The minimum Gasteiger partial charge on any atom is -0.381 e. The van der Waals surface area contributed by atoms with Crippen LogP contribution in [0.5, 0.6) is 0 Å². The Hall–Kier alpha value is -0.570. The van der Waals surface area contributed by atoms with Gasteiger partial charge in [0.25, 0.3) is 0 Å². The molecule has 0 spiro atoms. The van der Waals surface area contributed by atoms with Gasteiger partial charge in [-0.3, -0.25) is 4.79 Å². The number of hydrogen-bond donors (Lipinski definition) is 1. The summed E-state index contributed by atoms with van der Waals surface area (Å²) in [6, 6.07) is 0. The van der Waals surface area contributed by atoms with Gasteiger partial charge in [0.1, 0.15) is 0 Å². The summed E-state index contributed by atoms with van der Waals surface area (Å²) in [5.74, 6) is 0.250. The number of ether oxygens (including phenoxy) is 1. The SMILES string of the molecule is CCNC(=O)C1CCOC1. The molecule has 0 bridgehead atoms. The average Bonchev–Trinajstić information content (AvgIpc) is 2.38. The van der Waals surface area contributed by atoms with Gasteiger partial charge in [-0.15, -0.1) is 0 Å². The first-order valence-electron chi connectivity index (χ1n) is 3.70. The fraction of sp³-hybridized carbons (Fsp3) is 0.857. The minimum atomic E-state index is 0.111. The lowest BCUT2D eigenvalue weighted by molar-refractivity contribution is -0.124. The van der Waals surface area contributed by atoms with Crippen LogP contribution < -0.4 is 5.32 Å². The summed E-state index contributed by atoms with van der Waals surface area (Å²) in [7, 11) is 0. The van der Waals surface area contributed by atoms with E-state index in [-0.39, 0.29) is 11.8 Å². The number of rotatable bonds is 2. The molecule has 58 valence electrons. The number of amides is 1. The van der Waals surface area contributed by atoms with Gasteiger partial charge < -0.3 is 10.1 Å². The highest BCUT2D eigenvalue weighted by Crippen LogP contribution is 2.11. The van der Waals surface area contributed by atoms with Crippen LogP contribution in [0, 0.1) is 5.92 Å². The highest BCUT2D eigenvalue weighted by atomic mass is 16.5. The molecule has 1 aliphatic rings. The Labute approximate surface area is 60.7 Å². The van der Waals surface area contributed by atoms with Gasteiger partial charge in [-0.25, -0.2) is 0 Å². The van der Waals surface area contributed by atoms with Crippen LogP contribution in [0.3, 0.4) is 0 Å². The van der Waals surface area contributed by atoms with Gasteiger partial charge in [-0.05, 0) is 13.3 Å². The second-order valence-corrected chi connectivity index (χ2v) is 2.46. The van der Waals surface area contributed by atoms with Crippen molar-refractivity contribution in [1.29, 1.82) is 0 Å². The molecule has 3 nitrogen and oxygen atoms in total. The number of nitrogens with one attached hydrogen (secondary N) is 1. The maximum absolute atomic E-state index is 11.1. The molecular weight excluding hydrogens is 130 g/mol. The van der Waals surface area contributed by atoms with E-state index in [4.69, 9.17) is 4.74 Å². The molecule has 3 heteroatoms. The summed E-state index contributed by atoms with van der Waals surface area (Å²) in [4.78, 5) is 11.1. The molecule has 0 aromatic heterocycles. The summed E-state index contributed by atoms with van der Waals surface area (Å²) in [6.07, 6.45) is 0.881. The van der Waals surface area contributed by atoms with E-state index in [0.717, 1.165) is 19.6 Å². The molecular formula is C7H13NO2. The summed E-state index contributed by atoms with van der Waals surface area (Å²) >= 11 is 0. The summed E-state index contributed by atoms with van der Waals surface area (Å²) in [6.45, 7) is 3.98. The minimum absolute atomic E-state index is 0.111. The number of hydrogen-bond acceptors (Lipinski definition) is 2. The summed E-state index contributed by atoms with van der Waals surface area (Å²) in [5.41, 5.74) is 0. The lowest BCUT2D eigenvalue weighted by Crippen LogP contribution is -2.30. The highest BCUT2D eigenvalue weighted by Gasteiger charge is 2.22. The van der Waals surface area contributed by atoms with E-state index in [1.165, 1.54) is 0 Å². The number of carbonyl (C=O) groups is 1. The van der Waals surface area contributed by atoms with Gasteiger partial charge in [0.15, 0.2) is 0 Å². The zero-order chi connectivity index (χ0) is 7.40. The Balaban J connectivity index is 2.25. The van der Waals surface area contributed by atoms with Crippen LogP contribution in [-0.2, 0) is 9.53 Å². The molecule has 1 unspecified atom stereocenters. The summed E-state index contributed by atoms with van der Waals surface area (Å²) in [5, 5.41) is 2.77. The fourth-order valence-electron chi connectivity index (χ4n) is 1.06. The third kappa shape index (κ3) is 1.70. The normalized spacial score (nSPS) is 24.7. The van der Waals surface area contributed by atoms with Crippen molar-refractivity contribution in [2.24, 2.45) is 5.92 Å². The standard InChI is InChI=1S/C7H13NO2/c1-2-8-7(9)6-3-4-10-5-6/h6H,2-5H2,1H3,(H,8,9). The topological polar surface area (TPSA) is 38.3 Å². The Morgan fingerprint density at radius 2 is 2.60 bits per heavy atom. The van der Waals surface area contributed by atoms with Crippen LogP contribution in [0.2, 0.25) is 0 Å². The van der Waals surface area contributed by atoms with E-state index in [0.29, 0.717) is 6.61 Å². The molecule has 1 aliphatic heterocycles. The first-order valence-corrected chi connectivity index (χ1v) is 3.70. The van der Waals surface area contributed by atoms with E-state index < -0.39 is 0 Å². The second kappa shape index (κ2) is 3.56. The van der Waals surface area contributed by atoms with E-state index in [9.17, 15) is 4.79 Å². The van der Waals surface area contributed by atoms with Gasteiger partial charge in [0.2, 0.25) is 5.91 Å². The van der Waals surface area contributed by atoms with Crippen LogP contribution in [0.1, 0.15) is 13.3 Å². The van der Waals surface area contributed by atoms with Gasteiger partial charge >= 0.3 is 0 Å². The average molecular weight is 143 g/mol. The van der Waals surface area contributed by atoms with E-state index in [1.807, 2.05) is 6.92 Å². The van der Waals surface area contributed by atoms with Crippen molar-refractivity contribution in [1.82, 2.24) is 5.32 Å². The lowest BCUT2D eigenvalue weighted by atomic mass is 10.1. The van der Waals surface area contributed by atoms with Gasteiger partial charge in [-0.2, -0.15) is 0 Å². The Kier molecular flexibility index (Phi) is 2.68. The van der Waals surface area contributed by atoms with Crippen LogP contribution in [0.25, 0.3) is 0 Å². The molecule has 0 aliphatic carbocycles. The van der Waals surface area contributed by atoms with Crippen molar-refractivity contribution in [2.45, 2.75) is 13.3 Å². The Morgan fingerprint density at radius 3 is 3.10 bits per heavy atom. The van der Waals surface area contributed by atoms with E-state index in [2.05, 4.69) is 5.32 Å². The van der Waals surface area contributed by atoms with Crippen molar-refractivity contribution < 1.29 is 9.53 Å². The van der Waals surface area contributed by atoms with Gasteiger partial charge in [-0.1, -0.05) is 0 Å². The maximum atomic E-state index is 11.1. The van der Waals surface area contributed by atoms with Crippen LogP contribution in [0.4, 0.5) is 0 Å². The fourth-order valence-corrected chi connectivity index (χ4v) is 1.06. The highest BCUT2D eigenvalue weighted by molar-refractivity contribution is 5.78. The molecule has 10 heavy (non-hydrogen) atoms. The number of carbonyl (C=O) groups excluding carboxylic acids is 1. The molecule has 1 amide bonds. The third-order valence-corrected chi connectivity index (χ3v) is 1.65. The largest absolute Gasteiger partial charge is 0.381 e. The summed E-state index contributed by atoms with van der Waals surface area (Å²) < 4.78 is 5.06. The quantitative estimate of drug-likeness (QED) is 0.598. The van der Waals surface area contributed by atoms with E-state index in [1.54, 1.807) is 0 Å². The first kappa shape index (κ1) is 7.54. The Bertz CT molecular complexity index is 119. The second-order valence-electron chi connectivity index (χ2n) is 2.46. The van der Waals surface area contributed by atoms with Crippen molar-refractivity contribution in [3.63, 3.8) is 0 Å².